The van der Waals surface area contributed by atoms with Crippen molar-refractivity contribution in [3.8, 4) is 0 Å². The van der Waals surface area contributed by atoms with Gasteiger partial charge >= 0.3 is 0 Å². The summed E-state index contributed by atoms with van der Waals surface area (Å²) >= 11 is 4.37. The Labute approximate surface area is 75.0 Å². The molecule has 0 aliphatic rings. The number of carbonyl (C=O) groups is 1. The summed E-state index contributed by atoms with van der Waals surface area (Å²) in [6.45, 7) is 3.79. The molecule has 0 saturated heterocycles. The van der Waals surface area contributed by atoms with Gasteiger partial charge in [0.15, 0.2) is 0 Å². The van der Waals surface area contributed by atoms with Gasteiger partial charge in [-0.1, -0.05) is 13.3 Å². The van der Waals surface area contributed by atoms with Gasteiger partial charge in [0.05, 0.1) is 0 Å². The fourth-order valence-corrected chi connectivity index (χ4v) is 1.14. The van der Waals surface area contributed by atoms with Crippen molar-refractivity contribution in [2.45, 2.75) is 51.2 Å². The van der Waals surface area contributed by atoms with Crippen LogP contribution in [0.25, 0.3) is 0 Å². The van der Waals surface area contributed by atoms with E-state index in [1.54, 1.807) is 6.92 Å². The maximum atomic E-state index is 10.5. The van der Waals surface area contributed by atoms with Crippen molar-refractivity contribution in [1.82, 2.24) is 0 Å². The van der Waals surface area contributed by atoms with Crippen LogP contribution >= 0.6 is 12.6 Å². The summed E-state index contributed by atoms with van der Waals surface area (Å²) in [4.78, 5) is 10.5. The zero-order valence-corrected chi connectivity index (χ0v) is 8.36. The zero-order chi connectivity index (χ0) is 8.69. The van der Waals surface area contributed by atoms with Crippen LogP contribution in [-0.4, -0.2) is 11.0 Å². The first-order chi connectivity index (χ1) is 5.16. The van der Waals surface area contributed by atoms with Gasteiger partial charge in [-0.25, -0.2) is 0 Å². The average Bonchev–Trinajstić information content (AvgIpc) is 1.97. The predicted molar refractivity (Wildman–Crippen MR) is 52.2 cm³/mol. The second-order valence-electron chi connectivity index (χ2n) is 3.01. The monoisotopic (exact) mass is 174 g/mol. The molecule has 0 spiro atoms. The minimum absolute atomic E-state index is 0.303. The molecule has 0 saturated carbocycles. The van der Waals surface area contributed by atoms with Crippen molar-refractivity contribution in [2.24, 2.45) is 0 Å². The maximum absolute atomic E-state index is 10.5. The van der Waals surface area contributed by atoms with Crippen LogP contribution in [0.3, 0.4) is 0 Å². The highest BCUT2D eigenvalue weighted by Crippen LogP contribution is 2.11. The Hall–Kier alpha value is 0.0200. The highest BCUT2D eigenvalue weighted by molar-refractivity contribution is 7.80. The van der Waals surface area contributed by atoms with Crippen LogP contribution in [0.1, 0.15) is 46.0 Å². The number of rotatable bonds is 6. The van der Waals surface area contributed by atoms with Gasteiger partial charge in [-0.15, -0.1) is 0 Å². The van der Waals surface area contributed by atoms with Crippen molar-refractivity contribution < 1.29 is 4.79 Å². The molecule has 1 unspecified atom stereocenters. The van der Waals surface area contributed by atoms with E-state index < -0.39 is 0 Å². The first-order valence-corrected chi connectivity index (χ1v) is 4.86. The molecule has 2 heteroatoms. The molecule has 0 aromatic rings. The third-order valence-corrected chi connectivity index (χ3v) is 2.41. The Kier molecular flexibility index (Phi) is 6.73. The lowest BCUT2D eigenvalue weighted by Gasteiger charge is -2.05. The van der Waals surface area contributed by atoms with E-state index in [1.807, 2.05) is 0 Å². The minimum Gasteiger partial charge on any atom is -0.300 e. The van der Waals surface area contributed by atoms with E-state index >= 15 is 0 Å². The number of hydrogen-bond donors (Lipinski definition) is 1. The van der Waals surface area contributed by atoms with Crippen molar-refractivity contribution in [3.05, 3.63) is 0 Å². The zero-order valence-electron chi connectivity index (χ0n) is 7.47. The molecule has 0 rings (SSSR count). The second kappa shape index (κ2) is 6.71. The molecule has 11 heavy (non-hydrogen) atoms. The van der Waals surface area contributed by atoms with Crippen LogP contribution < -0.4 is 0 Å². The Morgan fingerprint density at radius 3 is 2.55 bits per heavy atom. The molecular formula is C9H18OS. The van der Waals surface area contributed by atoms with E-state index in [4.69, 9.17) is 0 Å². The van der Waals surface area contributed by atoms with Crippen molar-refractivity contribution in [3.63, 3.8) is 0 Å². The third kappa shape index (κ3) is 7.92. The summed E-state index contributed by atoms with van der Waals surface area (Å²) in [6.07, 6.45) is 5.19. The summed E-state index contributed by atoms with van der Waals surface area (Å²) in [5.41, 5.74) is 0. The van der Waals surface area contributed by atoms with Crippen molar-refractivity contribution in [2.75, 3.05) is 0 Å². The molecular weight excluding hydrogens is 156 g/mol. The van der Waals surface area contributed by atoms with Crippen molar-refractivity contribution >= 4 is 18.4 Å². The van der Waals surface area contributed by atoms with Gasteiger partial charge < -0.3 is 4.79 Å². The summed E-state index contributed by atoms with van der Waals surface area (Å²) in [5.74, 6) is 0.303. The Bertz CT molecular complexity index is 112. The molecule has 0 N–H and O–H groups in total. The molecule has 0 bridgehead atoms. The summed E-state index contributed by atoms with van der Waals surface area (Å²) in [6, 6.07) is 0. The number of unbranched alkanes of at least 4 members (excludes halogenated alkanes) is 1. The molecule has 0 fully saturated rings. The number of ketones is 1. The predicted octanol–water partition coefficient (Wildman–Crippen LogP) is 2.84. The number of Topliss-reactive ketones (excluding diaryl/α,β-unsaturated/α-hetero) is 1. The lowest BCUT2D eigenvalue weighted by Crippen LogP contribution is -1.96. The highest BCUT2D eigenvalue weighted by Gasteiger charge is 1.99. The first-order valence-electron chi connectivity index (χ1n) is 4.34. The molecule has 0 aliphatic carbocycles. The van der Waals surface area contributed by atoms with Gasteiger partial charge in [0.2, 0.25) is 0 Å². The topological polar surface area (TPSA) is 17.1 Å². The fourth-order valence-electron chi connectivity index (χ4n) is 0.958. The molecule has 0 aromatic heterocycles. The van der Waals surface area contributed by atoms with Crippen LogP contribution in [-0.2, 0) is 4.79 Å². The van der Waals surface area contributed by atoms with Crippen molar-refractivity contribution in [1.29, 1.82) is 0 Å². The number of thiol groups is 1. The number of carbonyl (C=O) groups excluding carboxylic acids is 1. The molecule has 0 aromatic carbocycles. The summed E-state index contributed by atoms with van der Waals surface area (Å²) < 4.78 is 0. The molecule has 1 atom stereocenters. The summed E-state index contributed by atoms with van der Waals surface area (Å²) in [7, 11) is 0. The van der Waals surface area contributed by atoms with Crippen LogP contribution in [0.2, 0.25) is 0 Å². The normalized spacial score (nSPS) is 13.0. The molecule has 66 valence electrons. The average molecular weight is 174 g/mol. The summed E-state index contributed by atoms with van der Waals surface area (Å²) in [5, 5.41) is 0.530. The van der Waals surface area contributed by atoms with Crippen LogP contribution in [0.15, 0.2) is 0 Å². The standard InChI is InChI=1S/C9H18OS/c1-3-9(11)7-5-4-6-8(2)10/h9,11H,3-7H2,1-2H3. The van der Waals surface area contributed by atoms with Gasteiger partial charge in [0.25, 0.3) is 0 Å². The molecule has 0 amide bonds. The lowest BCUT2D eigenvalue weighted by atomic mass is 10.1. The first kappa shape index (κ1) is 11.0. The minimum atomic E-state index is 0.303. The van der Waals surface area contributed by atoms with Crippen LogP contribution in [0, 0.1) is 0 Å². The molecule has 0 radical (unpaired) electrons. The maximum Gasteiger partial charge on any atom is 0.129 e. The van der Waals surface area contributed by atoms with Crippen LogP contribution in [0.4, 0.5) is 0 Å². The fraction of sp³-hybridized carbons (Fsp3) is 0.889. The Morgan fingerprint density at radius 1 is 1.45 bits per heavy atom. The largest absolute Gasteiger partial charge is 0.300 e. The van der Waals surface area contributed by atoms with E-state index in [9.17, 15) is 4.79 Å². The molecule has 0 heterocycles. The van der Waals surface area contributed by atoms with Crippen LogP contribution in [0.5, 0.6) is 0 Å². The Morgan fingerprint density at radius 2 is 2.09 bits per heavy atom. The van der Waals surface area contributed by atoms with Gasteiger partial charge in [0, 0.05) is 11.7 Å². The van der Waals surface area contributed by atoms with Gasteiger partial charge in [-0.05, 0) is 26.2 Å². The Balaban J connectivity index is 3.08. The number of hydrogen-bond acceptors (Lipinski definition) is 2. The van der Waals surface area contributed by atoms with E-state index in [1.165, 1.54) is 0 Å². The van der Waals surface area contributed by atoms with E-state index in [2.05, 4.69) is 19.6 Å². The molecule has 1 nitrogen and oxygen atoms in total. The lowest BCUT2D eigenvalue weighted by molar-refractivity contribution is -0.117. The molecule has 0 aliphatic heterocycles. The van der Waals surface area contributed by atoms with E-state index in [0.717, 1.165) is 32.1 Å². The second-order valence-corrected chi connectivity index (χ2v) is 3.74. The highest BCUT2D eigenvalue weighted by atomic mass is 32.1. The van der Waals surface area contributed by atoms with Gasteiger partial charge in [-0.2, -0.15) is 12.6 Å². The van der Waals surface area contributed by atoms with Gasteiger partial charge in [-0.3, -0.25) is 0 Å². The SMILES string of the molecule is CCC(S)CCCCC(C)=O. The third-order valence-electron chi connectivity index (χ3n) is 1.79. The smallest absolute Gasteiger partial charge is 0.129 e. The van der Waals surface area contributed by atoms with Gasteiger partial charge in [0.1, 0.15) is 5.78 Å². The van der Waals surface area contributed by atoms with E-state index in [-0.39, 0.29) is 0 Å². The quantitative estimate of drug-likeness (QED) is 0.484. The van der Waals surface area contributed by atoms with E-state index in [0.29, 0.717) is 11.0 Å².